The molecule has 130 heavy (non-hydrogen) atoms. The van der Waals surface area contributed by atoms with Crippen molar-refractivity contribution in [2.24, 2.45) is 0 Å². The van der Waals surface area contributed by atoms with Gasteiger partial charge in [-0.3, -0.25) is 24.9 Å². The molecule has 0 amide bonds. The molecule has 0 saturated carbocycles. The van der Waals surface area contributed by atoms with E-state index in [1.54, 1.807) is 112 Å². The van der Waals surface area contributed by atoms with E-state index in [1.807, 2.05) is 160 Å². The molecular weight excluding hydrogens is 1680 g/mol. The summed E-state index contributed by atoms with van der Waals surface area (Å²) in [6, 6.07) is 42.3. The summed E-state index contributed by atoms with van der Waals surface area (Å²) in [4.78, 5) is 128. The normalized spacial score (nSPS) is 11.1. The number of carboxylic acids is 5. The van der Waals surface area contributed by atoms with Gasteiger partial charge >= 0.3 is 29.8 Å². The Balaban J connectivity index is 0.000000157. The Morgan fingerprint density at radius 2 is 0.538 bits per heavy atom. The number of aromatic nitrogens is 15. The van der Waals surface area contributed by atoms with Gasteiger partial charge in [-0.15, -0.1) is 0 Å². The van der Waals surface area contributed by atoms with Crippen LogP contribution in [0.2, 0.25) is 5.02 Å². The average molecular weight is 1780 g/mol. The highest BCUT2D eigenvalue weighted by Crippen LogP contribution is 2.38. The third-order valence-electron chi connectivity index (χ3n) is 20.4. The molecule has 0 unspecified atom stereocenters. The molecule has 10 aromatic heterocycles. The van der Waals surface area contributed by atoms with Crippen molar-refractivity contribution in [1.82, 2.24) is 99.3 Å². The number of aromatic amines is 5. The summed E-state index contributed by atoms with van der Waals surface area (Å²) in [6.07, 6.45) is 20.7. The highest BCUT2D eigenvalue weighted by molar-refractivity contribution is 6.33. The van der Waals surface area contributed by atoms with Crippen LogP contribution in [0, 0.1) is 25.5 Å². The minimum atomic E-state index is -1.31. The van der Waals surface area contributed by atoms with Crippen LogP contribution < -0.4 is 0 Å². The van der Waals surface area contributed by atoms with Crippen LogP contribution >= 0.6 is 11.6 Å². The Morgan fingerprint density at radius 3 is 0.800 bits per heavy atom. The van der Waals surface area contributed by atoms with Crippen molar-refractivity contribution in [3.63, 3.8) is 0 Å². The van der Waals surface area contributed by atoms with E-state index >= 15 is 0 Å². The van der Waals surface area contributed by atoms with Crippen LogP contribution in [0.25, 0.3) is 113 Å². The first-order chi connectivity index (χ1) is 62.2. The number of H-pyrrole nitrogens is 5. The zero-order chi connectivity index (χ0) is 93.4. The van der Waals surface area contributed by atoms with Crippen molar-refractivity contribution in [3.05, 3.63) is 298 Å². The smallest absolute Gasteiger partial charge is 0.338 e. The highest BCUT2D eigenvalue weighted by atomic mass is 35.5. The second-order valence-corrected chi connectivity index (χ2v) is 32.1. The van der Waals surface area contributed by atoms with Crippen LogP contribution in [0.15, 0.2) is 214 Å². The Hall–Kier alpha value is -14.8. The summed E-state index contributed by atoms with van der Waals surface area (Å²) < 4.78 is 27.7. The maximum atomic E-state index is 14.0. The Kier molecular flexibility index (Phi) is 33.2. The van der Waals surface area contributed by atoms with E-state index in [0.717, 1.165) is 177 Å². The second kappa shape index (κ2) is 45.1. The van der Waals surface area contributed by atoms with Gasteiger partial charge in [0.1, 0.15) is 40.8 Å². The lowest BCUT2D eigenvalue weighted by Crippen LogP contribution is -2.15. The lowest BCUT2D eigenvalue weighted by molar-refractivity contribution is 0.0681. The van der Waals surface area contributed by atoms with Gasteiger partial charge in [-0.25, -0.2) is 57.7 Å². The van der Waals surface area contributed by atoms with Crippen molar-refractivity contribution < 1.29 is 58.3 Å². The fraction of sp³-hybridized carbons (Fsp3) is 0.227. The second-order valence-electron chi connectivity index (χ2n) is 31.7. The molecule has 0 fully saturated rings. The maximum Gasteiger partial charge on any atom is 0.338 e. The van der Waals surface area contributed by atoms with E-state index in [1.165, 1.54) is 18.2 Å². The van der Waals surface area contributed by atoms with Crippen LogP contribution in [0.3, 0.4) is 0 Å². The molecule has 0 aliphatic rings. The van der Waals surface area contributed by atoms with Crippen LogP contribution in [-0.2, 0) is 32.1 Å². The molecule has 0 aliphatic carbocycles. The molecule has 0 bridgehead atoms. The fourth-order valence-electron chi connectivity index (χ4n) is 13.6. The van der Waals surface area contributed by atoms with E-state index in [2.05, 4.69) is 79.4 Å². The number of aromatic carboxylic acids is 5. The van der Waals surface area contributed by atoms with Crippen LogP contribution in [0.4, 0.5) is 8.78 Å². The topological polar surface area (TPSA) is 411 Å². The highest BCUT2D eigenvalue weighted by Gasteiger charge is 2.25. The summed E-state index contributed by atoms with van der Waals surface area (Å²) >= 11 is 6.00. The molecule has 15 rings (SSSR count). The van der Waals surface area contributed by atoms with E-state index in [9.17, 15) is 58.3 Å². The van der Waals surface area contributed by atoms with E-state index in [-0.39, 0.29) is 21.7 Å². The Labute approximate surface area is 755 Å². The molecule has 0 aliphatic heterocycles. The molecule has 30 nitrogen and oxygen atoms in total. The molecule has 0 atom stereocenters. The van der Waals surface area contributed by atoms with Crippen molar-refractivity contribution in [2.45, 2.75) is 46.0 Å². The van der Waals surface area contributed by atoms with Crippen molar-refractivity contribution in [2.75, 3.05) is 103 Å². The minimum absolute atomic E-state index is 0.0580. The predicted octanol–water partition coefficient (Wildman–Crippen LogP) is 16.3. The summed E-state index contributed by atoms with van der Waals surface area (Å²) in [7, 11) is 20.0. The summed E-state index contributed by atoms with van der Waals surface area (Å²) in [5, 5.41) is 46.8. The molecule has 15 aromatic rings. The Morgan fingerprint density at radius 1 is 0.292 bits per heavy atom. The number of imidazole rings is 5. The summed E-state index contributed by atoms with van der Waals surface area (Å²) in [6.45, 7) is 7.80. The number of hydrogen-bond donors (Lipinski definition) is 10. The molecule has 670 valence electrons. The molecule has 0 spiro atoms. The number of benzene rings is 5. The van der Waals surface area contributed by atoms with Gasteiger partial charge in [-0.2, -0.15) is 0 Å². The quantitative estimate of drug-likeness (QED) is 0.0200. The zero-order valence-electron chi connectivity index (χ0n) is 73.9. The van der Waals surface area contributed by atoms with E-state index in [0.29, 0.717) is 63.4 Å². The fourth-order valence-corrected chi connectivity index (χ4v) is 13.8. The van der Waals surface area contributed by atoms with Gasteiger partial charge in [0, 0.05) is 182 Å². The molecule has 10 N–H and O–H groups in total. The first-order valence-corrected chi connectivity index (χ1v) is 41.6. The van der Waals surface area contributed by atoms with Crippen molar-refractivity contribution >= 4 is 41.4 Å². The third-order valence-corrected chi connectivity index (χ3v) is 20.8. The van der Waals surface area contributed by atoms with Crippen molar-refractivity contribution in [3.8, 4) is 113 Å². The van der Waals surface area contributed by atoms with Gasteiger partial charge in [0.15, 0.2) is 0 Å². The van der Waals surface area contributed by atoms with Gasteiger partial charge < -0.3 is 75.0 Å². The van der Waals surface area contributed by atoms with E-state index < -0.39 is 41.5 Å². The monoisotopic (exact) mass is 1780 g/mol. The maximum absolute atomic E-state index is 14.0. The first-order valence-electron chi connectivity index (χ1n) is 41.2. The molecule has 10 heterocycles. The summed E-state index contributed by atoms with van der Waals surface area (Å²) in [5.41, 5.74) is 16.8. The lowest BCUT2D eigenvalue weighted by atomic mass is 10.0. The number of likely N-dealkylation sites (N-methyl/N-ethyl adjacent to an activating group) is 5. The van der Waals surface area contributed by atoms with Gasteiger partial charge in [0.2, 0.25) is 0 Å². The number of nitrogens with one attached hydrogen (secondary N) is 5. The number of pyridine rings is 5. The SMILES string of the molecule is CN(C)CCc1nc(-c2cc(F)cc(C(=O)O)c2)c(-c2ccncc2)[nH]1.CN(C)CCc1nc(-c2ccc(Cl)c(C(=O)O)c2)c(-c2ccncc2)[nH]1.CN(C)CCc1nc(-c2ccc(F)c(C(=O)O)c2)c(-c2ccncc2)[nH]1.Cc1ccc(-c2nc(CCN(C)C)[nH]c2-c2ccncc2)cc1C(=O)O.Cc1ccc(-c2nc(CCN(C)C)[nH]c2-c2ccncc2)cc1C(=O)O. The van der Waals surface area contributed by atoms with Gasteiger partial charge in [0.25, 0.3) is 0 Å². The van der Waals surface area contributed by atoms with Crippen LogP contribution in [0.5, 0.6) is 0 Å². The van der Waals surface area contributed by atoms with Gasteiger partial charge in [0.05, 0.1) is 89.8 Å². The van der Waals surface area contributed by atoms with Gasteiger partial charge in [-0.1, -0.05) is 41.9 Å². The van der Waals surface area contributed by atoms with E-state index in [4.69, 9.17) is 26.6 Å². The molecule has 33 heteroatoms. The molecule has 0 saturated heterocycles. The van der Waals surface area contributed by atoms with Crippen molar-refractivity contribution in [1.29, 1.82) is 0 Å². The summed E-state index contributed by atoms with van der Waals surface area (Å²) in [5.74, 6) is -2.68. The number of aryl methyl sites for hydroxylation is 2. The standard InChI is InChI=1S/2C20H22N4O2.C19H19ClN4O2.2C19H19FN4O2/c2*1-13-4-5-15(12-16(13)20(25)26)19-18(14-6-9-21-10-7-14)22-17(23-19)8-11-24(2)3;1-24(2)10-7-16-22-17(12-5-8-21-9-6-12)18(23-16)13-3-4-15(20)14(11-13)19(25)26;1-24(2)8-5-16-22-17(12-3-6-21-7-4-12)18(23-16)13-9-14(19(25)26)11-15(20)10-13;1-24(2)10-7-16-22-17(12-5-8-21-9-6-12)18(23-16)13-3-4-15(20)14(11-13)19(25)26/h2*4-7,9-10,12H,8,11H2,1-3H3,(H,22,23)(H,25,26);3-6,8-9,11H,7,10H2,1-2H3,(H,22,23)(H,25,26);3-4,6-7,9-11H,5,8H2,1-2H3,(H,22,23)(H,25,26);3-6,8-9,11H,7,10H2,1-2H3,(H,22,23)(H,25,26). The number of rotatable bonds is 30. The lowest BCUT2D eigenvalue weighted by Gasteiger charge is -2.06. The number of carboxylic acid groups (broad SMARTS) is 5. The minimum Gasteiger partial charge on any atom is -0.478 e. The molecule has 0 radical (unpaired) electrons. The number of hydrogen-bond acceptors (Lipinski definition) is 20. The zero-order valence-corrected chi connectivity index (χ0v) is 74.7. The number of nitrogens with zero attached hydrogens (tertiary/aromatic N) is 15. The van der Waals surface area contributed by atoms with Crippen LogP contribution in [-0.4, -0.2) is 258 Å². The van der Waals surface area contributed by atoms with Gasteiger partial charge in [-0.05, 0) is 217 Å². The third kappa shape index (κ3) is 26.0. The molecule has 5 aromatic carbocycles. The number of carbonyl (C=O) groups is 5. The largest absolute Gasteiger partial charge is 0.478 e. The first kappa shape index (κ1) is 95.8. The Bertz CT molecular complexity index is 5770. The van der Waals surface area contributed by atoms with Crippen LogP contribution in [0.1, 0.15) is 92.0 Å². The average Bonchev–Trinajstić information content (AvgIpc) is 1.64. The molecular formula is C97H101ClF2N20O10. The predicted molar refractivity (Wildman–Crippen MR) is 497 cm³/mol. The number of halogens is 3.